The maximum Gasteiger partial charge on any atom is 0.191 e. The van der Waals surface area contributed by atoms with Crippen molar-refractivity contribution in [3.8, 4) is 0 Å². The monoisotopic (exact) mass is 362 g/mol. The fourth-order valence-corrected chi connectivity index (χ4v) is 3.94. The van der Waals surface area contributed by atoms with E-state index in [0.717, 1.165) is 42.7 Å². The van der Waals surface area contributed by atoms with E-state index in [1.807, 2.05) is 16.8 Å². The number of thioether (sulfide) groups is 1. The maximum absolute atomic E-state index is 10.8. The first kappa shape index (κ1) is 18.0. The van der Waals surface area contributed by atoms with Gasteiger partial charge < -0.3 is 20.3 Å². The number of anilines is 2. The average molecular weight is 363 g/mol. The molecule has 0 amide bonds. The third kappa shape index (κ3) is 4.85. The van der Waals surface area contributed by atoms with Crippen molar-refractivity contribution in [3.05, 3.63) is 24.8 Å². The lowest BCUT2D eigenvalue weighted by molar-refractivity contribution is -0.000193. The lowest BCUT2D eigenvalue weighted by atomic mass is 9.91. The number of aromatic nitrogens is 4. The molecule has 8 heteroatoms. The van der Waals surface area contributed by atoms with Gasteiger partial charge in [-0.3, -0.25) is 0 Å². The molecule has 0 aromatic carbocycles. The molecular weight excluding hydrogens is 336 g/mol. The van der Waals surface area contributed by atoms with Gasteiger partial charge in [0, 0.05) is 37.3 Å². The van der Waals surface area contributed by atoms with Crippen LogP contribution < -0.4 is 10.6 Å². The van der Waals surface area contributed by atoms with E-state index < -0.39 is 5.60 Å². The van der Waals surface area contributed by atoms with Gasteiger partial charge in [0.05, 0.1) is 18.5 Å². The minimum Gasteiger partial charge on any atom is -0.388 e. The van der Waals surface area contributed by atoms with E-state index in [2.05, 4.69) is 26.8 Å². The Balaban J connectivity index is 1.62. The molecule has 1 saturated heterocycles. The Hall–Kier alpha value is -1.80. The van der Waals surface area contributed by atoms with Gasteiger partial charge in [-0.2, -0.15) is 0 Å². The Morgan fingerprint density at radius 3 is 2.80 bits per heavy atom. The molecule has 0 bridgehead atoms. The van der Waals surface area contributed by atoms with Crippen molar-refractivity contribution < 1.29 is 5.11 Å². The number of imidazole rings is 1. The molecule has 0 atom stereocenters. The molecule has 3 heterocycles. The standard InChI is InChI=1S/C17H26N6OS/c1-2-3-10-25-16-20-14(18)11-15(21-16)23-7-4-17(24,5-8-23)12-22-9-6-19-13-22/h6,9,11,13,24H,2-5,7-8,10,12H2,1H3,(H2,18,20,21). The topological polar surface area (TPSA) is 93.1 Å². The summed E-state index contributed by atoms with van der Waals surface area (Å²) in [5, 5.41) is 11.6. The normalized spacial score (nSPS) is 17.0. The van der Waals surface area contributed by atoms with E-state index >= 15 is 0 Å². The quantitative estimate of drug-likeness (QED) is 0.443. The molecule has 0 saturated carbocycles. The van der Waals surface area contributed by atoms with Crippen LogP contribution in [-0.2, 0) is 6.54 Å². The van der Waals surface area contributed by atoms with Crippen LogP contribution in [0.2, 0.25) is 0 Å². The number of nitrogens with two attached hydrogens (primary N) is 1. The summed E-state index contributed by atoms with van der Waals surface area (Å²) in [6.07, 6.45) is 9.04. The average Bonchev–Trinajstić information content (AvgIpc) is 3.07. The number of nitrogen functional groups attached to an aromatic ring is 1. The maximum atomic E-state index is 10.8. The van der Waals surface area contributed by atoms with Crippen LogP contribution in [0.15, 0.2) is 29.9 Å². The van der Waals surface area contributed by atoms with E-state index in [0.29, 0.717) is 25.2 Å². The second-order valence-electron chi connectivity index (χ2n) is 6.58. The summed E-state index contributed by atoms with van der Waals surface area (Å²) >= 11 is 1.65. The van der Waals surface area contributed by atoms with Crippen molar-refractivity contribution in [2.75, 3.05) is 29.5 Å². The predicted molar refractivity (Wildman–Crippen MR) is 101 cm³/mol. The van der Waals surface area contributed by atoms with Crippen LogP contribution in [0.3, 0.4) is 0 Å². The number of aliphatic hydroxyl groups is 1. The Morgan fingerprint density at radius 1 is 1.32 bits per heavy atom. The molecule has 0 aliphatic carbocycles. The number of hydrogen-bond acceptors (Lipinski definition) is 7. The molecule has 0 radical (unpaired) electrons. The number of rotatable bonds is 7. The molecule has 25 heavy (non-hydrogen) atoms. The highest BCUT2D eigenvalue weighted by atomic mass is 32.2. The summed E-state index contributed by atoms with van der Waals surface area (Å²) in [4.78, 5) is 15.2. The van der Waals surface area contributed by atoms with Gasteiger partial charge in [0.25, 0.3) is 0 Å². The molecule has 3 N–H and O–H groups in total. The molecule has 1 aliphatic heterocycles. The van der Waals surface area contributed by atoms with Crippen LogP contribution in [-0.4, -0.2) is 49.1 Å². The van der Waals surface area contributed by atoms with E-state index in [1.165, 1.54) is 0 Å². The SMILES string of the molecule is CCCCSc1nc(N)cc(N2CCC(O)(Cn3ccnc3)CC2)n1. The Labute approximate surface area is 152 Å². The molecule has 2 aromatic heterocycles. The van der Waals surface area contributed by atoms with Crippen molar-refractivity contribution in [1.82, 2.24) is 19.5 Å². The highest BCUT2D eigenvalue weighted by Gasteiger charge is 2.33. The van der Waals surface area contributed by atoms with Crippen molar-refractivity contribution in [3.63, 3.8) is 0 Å². The molecule has 0 unspecified atom stereocenters. The molecule has 0 spiro atoms. The second-order valence-corrected chi connectivity index (χ2v) is 7.64. The van der Waals surface area contributed by atoms with Gasteiger partial charge in [0.2, 0.25) is 0 Å². The van der Waals surface area contributed by atoms with Gasteiger partial charge in [-0.05, 0) is 19.3 Å². The molecule has 1 aliphatic rings. The lowest BCUT2D eigenvalue weighted by Crippen LogP contribution is -2.47. The van der Waals surface area contributed by atoms with Gasteiger partial charge >= 0.3 is 0 Å². The van der Waals surface area contributed by atoms with Gasteiger partial charge in [-0.15, -0.1) is 0 Å². The van der Waals surface area contributed by atoms with Crippen molar-refractivity contribution in [1.29, 1.82) is 0 Å². The summed E-state index contributed by atoms with van der Waals surface area (Å²) < 4.78 is 1.93. The smallest absolute Gasteiger partial charge is 0.191 e. The van der Waals surface area contributed by atoms with Crippen LogP contribution >= 0.6 is 11.8 Å². The largest absolute Gasteiger partial charge is 0.388 e. The third-order valence-corrected chi connectivity index (χ3v) is 5.43. The number of nitrogens with zero attached hydrogens (tertiary/aromatic N) is 5. The first-order chi connectivity index (χ1) is 12.1. The van der Waals surface area contributed by atoms with Gasteiger partial charge in [-0.25, -0.2) is 15.0 Å². The number of hydrogen-bond donors (Lipinski definition) is 2. The minimum atomic E-state index is -0.700. The van der Waals surface area contributed by atoms with E-state index in [-0.39, 0.29) is 0 Å². The highest BCUT2D eigenvalue weighted by Crippen LogP contribution is 2.28. The zero-order chi connectivity index (χ0) is 17.7. The molecule has 2 aromatic rings. The molecular formula is C17H26N6OS. The Morgan fingerprint density at radius 2 is 2.12 bits per heavy atom. The van der Waals surface area contributed by atoms with Crippen molar-refractivity contribution in [2.24, 2.45) is 0 Å². The molecule has 3 rings (SSSR count). The first-order valence-electron chi connectivity index (χ1n) is 8.78. The van der Waals surface area contributed by atoms with E-state index in [1.54, 1.807) is 24.3 Å². The first-order valence-corrected chi connectivity index (χ1v) is 9.77. The predicted octanol–water partition coefficient (Wildman–Crippen LogP) is 2.18. The van der Waals surface area contributed by atoms with E-state index in [9.17, 15) is 5.11 Å². The summed E-state index contributed by atoms with van der Waals surface area (Å²) in [7, 11) is 0. The van der Waals surface area contributed by atoms with Crippen LogP contribution in [0.5, 0.6) is 0 Å². The van der Waals surface area contributed by atoms with E-state index in [4.69, 9.17) is 5.73 Å². The fourth-order valence-electron chi connectivity index (χ4n) is 2.99. The third-order valence-electron chi connectivity index (χ3n) is 4.50. The lowest BCUT2D eigenvalue weighted by Gasteiger charge is -2.38. The summed E-state index contributed by atoms with van der Waals surface area (Å²) in [6, 6.07) is 1.82. The zero-order valence-corrected chi connectivity index (χ0v) is 15.5. The van der Waals surface area contributed by atoms with Crippen molar-refractivity contribution >= 4 is 23.4 Å². The van der Waals surface area contributed by atoms with Crippen LogP contribution in [0.1, 0.15) is 32.6 Å². The highest BCUT2D eigenvalue weighted by molar-refractivity contribution is 7.99. The van der Waals surface area contributed by atoms with Gasteiger partial charge in [-0.1, -0.05) is 25.1 Å². The molecule has 7 nitrogen and oxygen atoms in total. The second kappa shape index (κ2) is 8.05. The van der Waals surface area contributed by atoms with Gasteiger partial charge in [0.15, 0.2) is 5.16 Å². The minimum absolute atomic E-state index is 0.503. The number of unbranched alkanes of at least 4 members (excludes halogenated alkanes) is 1. The zero-order valence-electron chi connectivity index (χ0n) is 14.6. The molecule has 1 fully saturated rings. The molecule has 136 valence electrons. The summed E-state index contributed by atoms with van der Waals surface area (Å²) in [5.74, 6) is 2.36. The van der Waals surface area contributed by atoms with Crippen LogP contribution in [0.4, 0.5) is 11.6 Å². The fraction of sp³-hybridized carbons (Fsp3) is 0.588. The van der Waals surface area contributed by atoms with Crippen LogP contribution in [0.25, 0.3) is 0 Å². The number of piperidine rings is 1. The summed E-state index contributed by atoms with van der Waals surface area (Å²) in [5.41, 5.74) is 5.26. The van der Waals surface area contributed by atoms with Crippen LogP contribution in [0, 0.1) is 0 Å². The van der Waals surface area contributed by atoms with Gasteiger partial charge in [0.1, 0.15) is 11.6 Å². The Kier molecular flexibility index (Phi) is 5.80. The van der Waals surface area contributed by atoms with Crippen molar-refractivity contribution in [2.45, 2.75) is 49.9 Å². The summed E-state index contributed by atoms with van der Waals surface area (Å²) in [6.45, 7) is 4.25. The Bertz CT molecular complexity index is 670.